The lowest BCUT2D eigenvalue weighted by Crippen LogP contribution is -2.55. The molecule has 1 aliphatic heterocycles. The number of benzene rings is 1. The van der Waals surface area contributed by atoms with Crippen molar-refractivity contribution in [1.82, 2.24) is 10.3 Å². The first-order chi connectivity index (χ1) is 10.7. The van der Waals surface area contributed by atoms with E-state index in [2.05, 4.69) is 15.2 Å². The lowest BCUT2D eigenvalue weighted by atomic mass is 9.99. The minimum atomic E-state index is -0.281. The van der Waals surface area contributed by atoms with Gasteiger partial charge < -0.3 is 10.2 Å². The van der Waals surface area contributed by atoms with Gasteiger partial charge >= 0.3 is 0 Å². The standard InChI is InChI=1S/C16H18FN3OS/c17-12-6-3-7-13-14(12)19-16(22-13)20-8-10(9-20)15(21)18-11-4-1-2-5-11/h3,6-7,10-11H,1-2,4-5,8-9H2,(H,18,21). The van der Waals surface area contributed by atoms with Gasteiger partial charge in [-0.2, -0.15) is 0 Å². The largest absolute Gasteiger partial charge is 0.353 e. The number of anilines is 1. The number of hydrogen-bond acceptors (Lipinski definition) is 4. The molecule has 1 amide bonds. The Balaban J connectivity index is 1.39. The molecule has 4 nitrogen and oxygen atoms in total. The van der Waals surface area contributed by atoms with Crippen molar-refractivity contribution in [2.45, 2.75) is 31.7 Å². The first-order valence-corrected chi connectivity index (χ1v) is 8.63. The van der Waals surface area contributed by atoms with Crippen molar-refractivity contribution in [3.05, 3.63) is 24.0 Å². The van der Waals surface area contributed by atoms with Gasteiger partial charge in [0.05, 0.1) is 10.6 Å². The molecule has 1 aliphatic carbocycles. The summed E-state index contributed by atoms with van der Waals surface area (Å²) in [5.74, 6) is -0.0797. The summed E-state index contributed by atoms with van der Waals surface area (Å²) < 4.78 is 14.5. The zero-order valence-corrected chi connectivity index (χ0v) is 13.0. The summed E-state index contributed by atoms with van der Waals surface area (Å²) in [6.07, 6.45) is 4.66. The summed E-state index contributed by atoms with van der Waals surface area (Å²) >= 11 is 1.49. The molecular weight excluding hydrogens is 301 g/mol. The maximum Gasteiger partial charge on any atom is 0.226 e. The number of aromatic nitrogens is 1. The fourth-order valence-corrected chi connectivity index (χ4v) is 4.23. The van der Waals surface area contributed by atoms with Crippen LogP contribution in [-0.4, -0.2) is 30.0 Å². The van der Waals surface area contributed by atoms with Crippen LogP contribution >= 0.6 is 11.3 Å². The van der Waals surface area contributed by atoms with Crippen LogP contribution in [0.15, 0.2) is 18.2 Å². The SMILES string of the molecule is O=C(NC1CCCC1)C1CN(c2nc3c(F)cccc3s2)C1. The molecule has 1 saturated carbocycles. The molecule has 6 heteroatoms. The fraction of sp³-hybridized carbons (Fsp3) is 0.500. The van der Waals surface area contributed by atoms with E-state index in [9.17, 15) is 9.18 Å². The van der Waals surface area contributed by atoms with Crippen LogP contribution in [0.25, 0.3) is 10.2 Å². The number of carbonyl (C=O) groups excluding carboxylic acids is 1. The first-order valence-electron chi connectivity index (χ1n) is 7.81. The molecule has 22 heavy (non-hydrogen) atoms. The molecule has 1 saturated heterocycles. The molecule has 2 aliphatic rings. The Morgan fingerprint density at radius 1 is 1.32 bits per heavy atom. The number of hydrogen-bond donors (Lipinski definition) is 1. The lowest BCUT2D eigenvalue weighted by molar-refractivity contribution is -0.126. The zero-order chi connectivity index (χ0) is 15.1. The van der Waals surface area contributed by atoms with Crippen LogP contribution in [0.3, 0.4) is 0 Å². The Labute approximate surface area is 132 Å². The van der Waals surface area contributed by atoms with Gasteiger partial charge in [-0.25, -0.2) is 9.37 Å². The van der Waals surface area contributed by atoms with Gasteiger partial charge in [-0.1, -0.05) is 30.2 Å². The highest BCUT2D eigenvalue weighted by Gasteiger charge is 2.35. The van der Waals surface area contributed by atoms with Crippen molar-refractivity contribution in [3.63, 3.8) is 0 Å². The molecule has 1 aromatic heterocycles. The van der Waals surface area contributed by atoms with E-state index in [4.69, 9.17) is 0 Å². The Kier molecular flexibility index (Phi) is 3.48. The van der Waals surface area contributed by atoms with Crippen LogP contribution < -0.4 is 10.2 Å². The Bertz CT molecular complexity index is 704. The second-order valence-electron chi connectivity index (χ2n) is 6.17. The van der Waals surface area contributed by atoms with Crippen molar-refractivity contribution in [2.75, 3.05) is 18.0 Å². The third-order valence-electron chi connectivity index (χ3n) is 4.58. The molecule has 0 radical (unpaired) electrons. The third-order valence-corrected chi connectivity index (χ3v) is 5.66. The minimum Gasteiger partial charge on any atom is -0.353 e. The van der Waals surface area contributed by atoms with Crippen molar-refractivity contribution in [1.29, 1.82) is 0 Å². The summed E-state index contributed by atoms with van der Waals surface area (Å²) in [6.45, 7) is 1.36. The van der Waals surface area contributed by atoms with Crippen LogP contribution in [0.2, 0.25) is 0 Å². The average molecular weight is 319 g/mol. The molecule has 4 rings (SSSR count). The average Bonchev–Trinajstić information content (AvgIpc) is 3.07. The van der Waals surface area contributed by atoms with Crippen molar-refractivity contribution < 1.29 is 9.18 Å². The van der Waals surface area contributed by atoms with E-state index in [-0.39, 0.29) is 17.6 Å². The highest BCUT2D eigenvalue weighted by atomic mass is 32.1. The highest BCUT2D eigenvalue weighted by molar-refractivity contribution is 7.22. The second kappa shape index (κ2) is 5.50. The molecule has 1 aromatic carbocycles. The van der Waals surface area contributed by atoms with Gasteiger partial charge in [0.1, 0.15) is 11.3 Å². The molecule has 2 fully saturated rings. The van der Waals surface area contributed by atoms with Crippen molar-refractivity contribution >= 4 is 32.6 Å². The first kappa shape index (κ1) is 13.9. The summed E-state index contributed by atoms with van der Waals surface area (Å²) in [5.41, 5.74) is 0.432. The highest BCUT2D eigenvalue weighted by Crippen LogP contribution is 2.34. The van der Waals surface area contributed by atoms with E-state index in [1.165, 1.54) is 30.2 Å². The van der Waals surface area contributed by atoms with Crippen LogP contribution in [0.4, 0.5) is 9.52 Å². The summed E-state index contributed by atoms with van der Waals surface area (Å²) in [6, 6.07) is 5.38. The summed E-state index contributed by atoms with van der Waals surface area (Å²) in [5, 5.41) is 3.96. The van der Waals surface area contributed by atoms with Gasteiger partial charge in [-0.3, -0.25) is 4.79 Å². The number of fused-ring (bicyclic) bond motifs is 1. The van der Waals surface area contributed by atoms with Gasteiger partial charge in [0.2, 0.25) is 5.91 Å². The normalized spacial score (nSPS) is 19.6. The molecule has 0 unspecified atom stereocenters. The van der Waals surface area contributed by atoms with Crippen molar-refractivity contribution in [3.8, 4) is 0 Å². The number of amides is 1. The number of nitrogens with one attached hydrogen (secondary N) is 1. The Hall–Kier alpha value is -1.69. The van der Waals surface area contributed by atoms with E-state index in [1.54, 1.807) is 6.07 Å². The summed E-state index contributed by atoms with van der Waals surface area (Å²) in [7, 11) is 0. The molecule has 1 N–H and O–H groups in total. The molecule has 2 aromatic rings. The van der Waals surface area contributed by atoms with E-state index >= 15 is 0 Å². The van der Waals surface area contributed by atoms with Gasteiger partial charge in [0.25, 0.3) is 0 Å². The number of halogens is 1. The third kappa shape index (κ3) is 2.45. The summed E-state index contributed by atoms with van der Waals surface area (Å²) in [4.78, 5) is 18.6. The van der Waals surface area contributed by atoms with Gasteiger partial charge in [-0.05, 0) is 25.0 Å². The van der Waals surface area contributed by atoms with Gasteiger partial charge in [-0.15, -0.1) is 0 Å². The fourth-order valence-electron chi connectivity index (χ4n) is 3.23. The monoisotopic (exact) mass is 319 g/mol. The van der Waals surface area contributed by atoms with Crippen molar-refractivity contribution in [2.24, 2.45) is 5.92 Å². The zero-order valence-electron chi connectivity index (χ0n) is 12.2. The lowest BCUT2D eigenvalue weighted by Gasteiger charge is -2.38. The second-order valence-corrected chi connectivity index (χ2v) is 7.18. The van der Waals surface area contributed by atoms with E-state index in [1.807, 2.05) is 6.07 Å². The Morgan fingerprint density at radius 2 is 2.09 bits per heavy atom. The smallest absolute Gasteiger partial charge is 0.226 e. The number of rotatable bonds is 3. The minimum absolute atomic E-state index is 0.0393. The molecule has 2 heterocycles. The Morgan fingerprint density at radius 3 is 2.82 bits per heavy atom. The maximum atomic E-state index is 13.7. The van der Waals surface area contributed by atoms with Gasteiger partial charge in [0.15, 0.2) is 5.13 Å². The van der Waals surface area contributed by atoms with Crippen LogP contribution in [-0.2, 0) is 4.79 Å². The predicted molar refractivity (Wildman–Crippen MR) is 85.7 cm³/mol. The molecule has 116 valence electrons. The molecule has 0 spiro atoms. The maximum absolute atomic E-state index is 13.7. The van der Waals surface area contributed by atoms with Crippen LogP contribution in [0.1, 0.15) is 25.7 Å². The number of nitrogens with zero attached hydrogens (tertiary/aromatic N) is 2. The number of thiazole rings is 1. The molecule has 0 atom stereocenters. The van der Waals surface area contributed by atoms with Gasteiger partial charge in [0, 0.05) is 19.1 Å². The van der Waals surface area contributed by atoms with E-state index in [0.717, 1.165) is 22.7 Å². The molecule has 0 bridgehead atoms. The van der Waals surface area contributed by atoms with E-state index in [0.29, 0.717) is 24.6 Å². The quantitative estimate of drug-likeness (QED) is 0.946. The van der Waals surface area contributed by atoms with Crippen LogP contribution in [0, 0.1) is 11.7 Å². The predicted octanol–water partition coefficient (Wildman–Crippen LogP) is 2.93. The van der Waals surface area contributed by atoms with Crippen LogP contribution in [0.5, 0.6) is 0 Å². The molecular formula is C16H18FN3OS. The number of carbonyl (C=O) groups is 1. The topological polar surface area (TPSA) is 45.2 Å². The number of para-hydroxylation sites is 1. The van der Waals surface area contributed by atoms with E-state index < -0.39 is 0 Å².